The number of fused-ring (bicyclic) bond motifs is 1. The lowest BCUT2D eigenvalue weighted by Gasteiger charge is -2.36. The van der Waals surface area contributed by atoms with Gasteiger partial charge < -0.3 is 15.2 Å². The second-order valence-corrected chi connectivity index (χ2v) is 8.27. The van der Waals surface area contributed by atoms with E-state index >= 15 is 4.39 Å². The van der Waals surface area contributed by atoms with Crippen LogP contribution in [0.2, 0.25) is 0 Å². The molecule has 2 N–H and O–H groups in total. The number of aromatic nitrogens is 3. The van der Waals surface area contributed by atoms with Crippen LogP contribution in [0.5, 0.6) is 0 Å². The summed E-state index contributed by atoms with van der Waals surface area (Å²) in [7, 11) is 1.58. The lowest BCUT2D eigenvalue weighted by Crippen LogP contribution is -2.46. The predicted octanol–water partition coefficient (Wildman–Crippen LogP) is 2.48. The summed E-state index contributed by atoms with van der Waals surface area (Å²) in [5.41, 5.74) is 3.56. The van der Waals surface area contributed by atoms with Gasteiger partial charge in [-0.25, -0.2) is 14.4 Å². The van der Waals surface area contributed by atoms with Crippen molar-refractivity contribution in [2.24, 2.45) is 0 Å². The molecule has 9 heteroatoms. The van der Waals surface area contributed by atoms with Crippen molar-refractivity contribution in [2.45, 2.75) is 20.4 Å². The molecule has 1 aromatic carbocycles. The Kier molecular flexibility index (Phi) is 6.24. The maximum absolute atomic E-state index is 15.2. The Labute approximate surface area is 191 Å². The van der Waals surface area contributed by atoms with Crippen LogP contribution in [0.1, 0.15) is 34.4 Å². The Bertz CT molecular complexity index is 1290. The molecule has 1 aliphatic heterocycles. The summed E-state index contributed by atoms with van der Waals surface area (Å²) in [6.45, 7) is 10.8. The zero-order valence-corrected chi connectivity index (χ0v) is 19.0. The lowest BCUT2D eigenvalue weighted by molar-refractivity contribution is 0.0958. The van der Waals surface area contributed by atoms with Gasteiger partial charge >= 0.3 is 0 Å². The van der Waals surface area contributed by atoms with Gasteiger partial charge in [0.2, 0.25) is 0 Å². The van der Waals surface area contributed by atoms with E-state index in [1.807, 2.05) is 13.0 Å². The zero-order chi connectivity index (χ0) is 23.7. The van der Waals surface area contributed by atoms with Crippen LogP contribution < -0.4 is 15.8 Å². The first-order chi connectivity index (χ1) is 15.8. The van der Waals surface area contributed by atoms with Crippen LogP contribution in [0.15, 0.2) is 35.6 Å². The number of aryl methyl sites for hydroxylation is 1. The third-order valence-corrected chi connectivity index (χ3v) is 5.91. The number of amides is 1. The molecule has 0 unspecified atom stereocenters. The third-order valence-electron chi connectivity index (χ3n) is 5.91. The molecule has 1 saturated heterocycles. The topological polar surface area (TPSA) is 94.2 Å². The van der Waals surface area contributed by atoms with Crippen molar-refractivity contribution in [2.75, 3.05) is 38.1 Å². The van der Waals surface area contributed by atoms with Gasteiger partial charge in [0.25, 0.3) is 11.5 Å². The van der Waals surface area contributed by atoms with Crippen molar-refractivity contribution in [3.8, 4) is 0 Å². The van der Waals surface area contributed by atoms with Crippen LogP contribution in [0.3, 0.4) is 0 Å². The summed E-state index contributed by atoms with van der Waals surface area (Å²) in [5.74, 6) is -0.656. The lowest BCUT2D eigenvalue weighted by atomic mass is 10.1. The minimum atomic E-state index is -0.447. The van der Waals surface area contributed by atoms with Gasteiger partial charge in [0.05, 0.1) is 16.9 Å². The van der Waals surface area contributed by atoms with Gasteiger partial charge in [-0.2, -0.15) is 0 Å². The van der Waals surface area contributed by atoms with Gasteiger partial charge in [-0.15, -0.1) is 0 Å². The Morgan fingerprint density at radius 1 is 1.18 bits per heavy atom. The number of anilines is 1. The smallest absolute Gasteiger partial charge is 0.274 e. The first kappa shape index (κ1) is 22.6. The number of nitrogens with zero attached hydrogens (tertiary/aromatic N) is 4. The van der Waals surface area contributed by atoms with E-state index in [-0.39, 0.29) is 17.1 Å². The second kappa shape index (κ2) is 9.11. The molecule has 0 aliphatic carbocycles. The molecule has 1 aliphatic rings. The fraction of sp³-hybridized carbons (Fsp3) is 0.333. The Morgan fingerprint density at radius 3 is 2.55 bits per heavy atom. The number of halogens is 1. The molecular weight excluding hydrogens is 423 g/mol. The van der Waals surface area contributed by atoms with E-state index in [1.165, 1.54) is 0 Å². The predicted molar refractivity (Wildman–Crippen MR) is 127 cm³/mol. The fourth-order valence-corrected chi connectivity index (χ4v) is 4.11. The highest BCUT2D eigenvalue weighted by molar-refractivity contribution is 5.92. The van der Waals surface area contributed by atoms with Crippen molar-refractivity contribution in [1.29, 1.82) is 0 Å². The van der Waals surface area contributed by atoms with Gasteiger partial charge in [0.15, 0.2) is 5.82 Å². The molecule has 0 spiro atoms. The first-order valence-electron chi connectivity index (χ1n) is 10.8. The number of aromatic amines is 1. The zero-order valence-electron chi connectivity index (χ0n) is 19.0. The highest BCUT2D eigenvalue weighted by atomic mass is 19.1. The molecule has 0 saturated carbocycles. The van der Waals surface area contributed by atoms with E-state index < -0.39 is 11.4 Å². The molecule has 8 nitrogen and oxygen atoms in total. The first-order valence-corrected chi connectivity index (χ1v) is 10.8. The van der Waals surface area contributed by atoms with E-state index in [4.69, 9.17) is 0 Å². The molecule has 4 rings (SSSR count). The minimum Gasteiger partial charge on any atom is -0.368 e. The summed E-state index contributed by atoms with van der Waals surface area (Å²) < 4.78 is 15.2. The Balaban J connectivity index is 1.46. The highest BCUT2D eigenvalue weighted by Crippen LogP contribution is 2.23. The minimum absolute atomic E-state index is 0.124. The van der Waals surface area contributed by atoms with Gasteiger partial charge in [0.1, 0.15) is 16.9 Å². The molecule has 0 bridgehead atoms. The van der Waals surface area contributed by atoms with Crippen LogP contribution in [-0.2, 0) is 6.54 Å². The maximum Gasteiger partial charge on any atom is 0.274 e. The SMILES string of the molecule is C=C(C)c1nc2ccc(CN3CCN(c4ccc(C(=O)NC)nc4C)CC3)c(F)c2[nH]c1=O. The summed E-state index contributed by atoms with van der Waals surface area (Å²) >= 11 is 0. The van der Waals surface area contributed by atoms with E-state index in [0.717, 1.165) is 37.6 Å². The second-order valence-electron chi connectivity index (χ2n) is 8.27. The number of H-pyrrole nitrogens is 1. The largest absolute Gasteiger partial charge is 0.368 e. The van der Waals surface area contributed by atoms with Crippen molar-refractivity contribution in [1.82, 2.24) is 25.2 Å². The number of carbonyl (C=O) groups is 1. The van der Waals surface area contributed by atoms with E-state index in [9.17, 15) is 9.59 Å². The molecular formula is C24H27FN6O2. The fourth-order valence-electron chi connectivity index (χ4n) is 4.11. The average molecular weight is 451 g/mol. The Morgan fingerprint density at radius 2 is 1.91 bits per heavy atom. The van der Waals surface area contributed by atoms with E-state index in [0.29, 0.717) is 28.9 Å². The van der Waals surface area contributed by atoms with Crippen LogP contribution in [0.25, 0.3) is 16.6 Å². The molecule has 1 fully saturated rings. The molecule has 1 amide bonds. The summed E-state index contributed by atoms with van der Waals surface area (Å²) in [4.78, 5) is 39.7. The summed E-state index contributed by atoms with van der Waals surface area (Å²) in [6, 6.07) is 7.11. The average Bonchev–Trinajstić information content (AvgIpc) is 2.81. The normalized spacial score (nSPS) is 14.5. The summed E-state index contributed by atoms with van der Waals surface area (Å²) in [5, 5.41) is 2.58. The van der Waals surface area contributed by atoms with Gasteiger partial charge in [-0.05, 0) is 37.6 Å². The van der Waals surface area contributed by atoms with Gasteiger partial charge in [-0.3, -0.25) is 14.5 Å². The number of nitrogens with one attached hydrogen (secondary N) is 2. The third kappa shape index (κ3) is 4.49. The van der Waals surface area contributed by atoms with E-state index in [1.54, 1.807) is 32.2 Å². The highest BCUT2D eigenvalue weighted by Gasteiger charge is 2.21. The number of rotatable bonds is 5. The van der Waals surface area contributed by atoms with Crippen LogP contribution in [-0.4, -0.2) is 59.0 Å². The molecule has 0 radical (unpaired) electrons. The Hall–Kier alpha value is -3.59. The number of allylic oxidation sites excluding steroid dienone is 1. The summed E-state index contributed by atoms with van der Waals surface area (Å²) in [6.07, 6.45) is 0. The van der Waals surface area contributed by atoms with E-state index in [2.05, 4.69) is 36.6 Å². The van der Waals surface area contributed by atoms with Crippen LogP contribution >= 0.6 is 0 Å². The number of benzene rings is 1. The van der Waals surface area contributed by atoms with Gasteiger partial charge in [0, 0.05) is 45.3 Å². The molecule has 33 heavy (non-hydrogen) atoms. The van der Waals surface area contributed by atoms with Crippen molar-refractivity contribution in [3.63, 3.8) is 0 Å². The van der Waals surface area contributed by atoms with Crippen molar-refractivity contribution >= 4 is 28.2 Å². The molecule has 3 aromatic rings. The number of pyridine rings is 1. The number of piperazine rings is 1. The maximum atomic E-state index is 15.2. The number of hydrogen-bond acceptors (Lipinski definition) is 6. The van der Waals surface area contributed by atoms with Crippen LogP contribution in [0.4, 0.5) is 10.1 Å². The van der Waals surface area contributed by atoms with Crippen molar-refractivity contribution in [3.05, 3.63) is 69.7 Å². The quantitative estimate of drug-likeness (QED) is 0.620. The number of carbonyl (C=O) groups excluding carboxylic acids is 1. The molecule has 3 heterocycles. The molecule has 0 atom stereocenters. The molecule has 2 aromatic heterocycles. The monoisotopic (exact) mass is 450 g/mol. The van der Waals surface area contributed by atoms with Gasteiger partial charge in [-0.1, -0.05) is 12.6 Å². The van der Waals surface area contributed by atoms with Crippen LogP contribution in [0, 0.1) is 12.7 Å². The number of hydrogen-bond donors (Lipinski definition) is 2. The molecule has 172 valence electrons. The van der Waals surface area contributed by atoms with Crippen molar-refractivity contribution < 1.29 is 9.18 Å². The standard InChI is InChI=1S/C24H27FN6O2/c1-14(2)21-24(33)29-22-17(28-21)6-5-16(20(22)25)13-30-9-11-31(12-10-30)19-8-7-18(23(32)26-4)27-15(19)3/h5-8H,1,9-13H2,2-4H3,(H,26,32)(H,29,33).